The Morgan fingerprint density at radius 3 is 2.79 bits per heavy atom. The van der Waals surface area contributed by atoms with Gasteiger partial charge in [-0.05, 0) is 44.3 Å². The van der Waals surface area contributed by atoms with Crippen LogP contribution in [0.5, 0.6) is 0 Å². The molecule has 0 unspecified atom stereocenters. The molecule has 0 bridgehead atoms. The van der Waals surface area contributed by atoms with E-state index in [0.717, 1.165) is 13.0 Å². The van der Waals surface area contributed by atoms with Crippen LogP contribution in [0.2, 0.25) is 0 Å². The first-order valence-corrected chi connectivity index (χ1v) is 5.58. The van der Waals surface area contributed by atoms with Crippen molar-refractivity contribution in [1.82, 2.24) is 0 Å². The summed E-state index contributed by atoms with van der Waals surface area (Å²) in [6, 6.07) is 0. The minimum atomic E-state index is -0.0342. The smallest absolute Gasteiger partial charge is 0.0843 e. The Bertz CT molecular complexity index is 236. The minimum absolute atomic E-state index is 0.0342. The second-order valence-electron chi connectivity index (χ2n) is 4.48. The molecular weight excluding hydrogens is 172 g/mol. The lowest BCUT2D eigenvalue weighted by Crippen LogP contribution is -2.21. The lowest BCUT2D eigenvalue weighted by molar-refractivity contribution is 0.0460. The van der Waals surface area contributed by atoms with Crippen molar-refractivity contribution in [2.24, 2.45) is 0 Å². The van der Waals surface area contributed by atoms with E-state index in [2.05, 4.69) is 27.4 Å². The van der Waals surface area contributed by atoms with Gasteiger partial charge in [0.2, 0.25) is 0 Å². The molecule has 0 aromatic carbocycles. The van der Waals surface area contributed by atoms with E-state index in [1.54, 1.807) is 0 Å². The fraction of sp³-hybridized carbons (Fsp3) is 0.692. The van der Waals surface area contributed by atoms with Crippen molar-refractivity contribution >= 4 is 0 Å². The maximum absolute atomic E-state index is 5.79. The van der Waals surface area contributed by atoms with Crippen molar-refractivity contribution in [3.63, 3.8) is 0 Å². The van der Waals surface area contributed by atoms with Gasteiger partial charge in [-0.3, -0.25) is 0 Å². The van der Waals surface area contributed by atoms with Gasteiger partial charge in [0.15, 0.2) is 0 Å². The van der Waals surface area contributed by atoms with Crippen molar-refractivity contribution in [2.45, 2.75) is 52.1 Å². The Kier molecular flexibility index (Phi) is 3.94. The summed E-state index contributed by atoms with van der Waals surface area (Å²) < 4.78 is 5.79. The van der Waals surface area contributed by atoms with E-state index in [0.29, 0.717) is 0 Å². The van der Waals surface area contributed by atoms with Crippen molar-refractivity contribution in [2.75, 3.05) is 6.61 Å². The van der Waals surface area contributed by atoms with Gasteiger partial charge in [0.1, 0.15) is 0 Å². The Morgan fingerprint density at radius 2 is 2.21 bits per heavy atom. The van der Waals surface area contributed by atoms with E-state index in [4.69, 9.17) is 4.74 Å². The van der Waals surface area contributed by atoms with Crippen LogP contribution in [-0.2, 0) is 4.74 Å². The topological polar surface area (TPSA) is 9.23 Å². The van der Waals surface area contributed by atoms with Gasteiger partial charge in [0.25, 0.3) is 0 Å². The molecule has 14 heavy (non-hydrogen) atoms. The van der Waals surface area contributed by atoms with Gasteiger partial charge in [-0.1, -0.05) is 19.4 Å². The summed E-state index contributed by atoms with van der Waals surface area (Å²) in [5, 5.41) is 0. The van der Waals surface area contributed by atoms with E-state index >= 15 is 0 Å². The van der Waals surface area contributed by atoms with Crippen molar-refractivity contribution in [3.8, 4) is 0 Å². The Morgan fingerprint density at radius 1 is 1.50 bits per heavy atom. The zero-order valence-electron chi connectivity index (χ0n) is 9.73. The fourth-order valence-electron chi connectivity index (χ4n) is 2.06. The van der Waals surface area contributed by atoms with Gasteiger partial charge in [-0.2, -0.15) is 0 Å². The summed E-state index contributed by atoms with van der Waals surface area (Å²) in [7, 11) is 0. The molecule has 0 aliphatic carbocycles. The number of ether oxygens (including phenoxy) is 1. The summed E-state index contributed by atoms with van der Waals surface area (Å²) in [5.74, 6) is 0. The van der Waals surface area contributed by atoms with Crippen LogP contribution in [0.3, 0.4) is 0 Å². The summed E-state index contributed by atoms with van der Waals surface area (Å²) in [6.45, 7) is 11.2. The average molecular weight is 194 g/mol. The van der Waals surface area contributed by atoms with Gasteiger partial charge in [0.05, 0.1) is 12.2 Å². The number of hydrogen-bond donors (Lipinski definition) is 0. The van der Waals surface area contributed by atoms with Gasteiger partial charge < -0.3 is 4.74 Å². The highest BCUT2D eigenvalue weighted by atomic mass is 16.5. The molecule has 0 spiro atoms. The van der Waals surface area contributed by atoms with Gasteiger partial charge in [-0.25, -0.2) is 0 Å². The molecule has 1 aliphatic heterocycles. The van der Waals surface area contributed by atoms with Crippen LogP contribution in [0, 0.1) is 0 Å². The summed E-state index contributed by atoms with van der Waals surface area (Å²) in [5.41, 5.74) is 2.94. The molecule has 80 valence electrons. The third-order valence-electron chi connectivity index (χ3n) is 2.93. The van der Waals surface area contributed by atoms with Gasteiger partial charge >= 0.3 is 0 Å². The highest BCUT2D eigenvalue weighted by molar-refractivity contribution is 5.29. The minimum Gasteiger partial charge on any atom is -0.367 e. The summed E-state index contributed by atoms with van der Waals surface area (Å²) >= 11 is 0. The summed E-state index contributed by atoms with van der Waals surface area (Å²) in [6.07, 6.45) is 6.67. The third kappa shape index (κ3) is 2.48. The molecular formula is C13H22O. The van der Waals surface area contributed by atoms with Crippen molar-refractivity contribution < 1.29 is 4.74 Å². The van der Waals surface area contributed by atoms with Crippen LogP contribution in [0.1, 0.15) is 46.5 Å². The normalized spacial score (nSPS) is 20.2. The molecule has 1 heterocycles. The lowest BCUT2D eigenvalue weighted by atomic mass is 9.90. The van der Waals surface area contributed by atoms with Gasteiger partial charge in [-0.15, -0.1) is 6.58 Å². The molecule has 0 fully saturated rings. The molecule has 0 aromatic heterocycles. The molecule has 0 amide bonds. The van der Waals surface area contributed by atoms with E-state index in [-0.39, 0.29) is 5.60 Å². The molecule has 1 nitrogen and oxygen atoms in total. The number of hydrogen-bond acceptors (Lipinski definition) is 1. The lowest BCUT2D eigenvalue weighted by Gasteiger charge is -2.22. The number of unbranched alkanes of at least 4 members (excludes halogenated alkanes) is 1. The van der Waals surface area contributed by atoms with Crippen molar-refractivity contribution in [3.05, 3.63) is 23.8 Å². The monoisotopic (exact) mass is 194 g/mol. The standard InChI is InChI=1S/C13H22O/c1-5-7-9-12-11(8-6-2)10-14-13(12,3)4/h6H,2,5,7-10H2,1,3-4H3. The van der Waals surface area contributed by atoms with E-state index in [1.807, 2.05) is 6.08 Å². The predicted molar refractivity (Wildman–Crippen MR) is 61.4 cm³/mol. The largest absolute Gasteiger partial charge is 0.367 e. The fourth-order valence-corrected chi connectivity index (χ4v) is 2.06. The first-order valence-electron chi connectivity index (χ1n) is 5.58. The zero-order chi connectivity index (χ0) is 10.6. The Labute approximate surface area is 87.8 Å². The maximum Gasteiger partial charge on any atom is 0.0843 e. The second kappa shape index (κ2) is 4.79. The summed E-state index contributed by atoms with van der Waals surface area (Å²) in [4.78, 5) is 0. The third-order valence-corrected chi connectivity index (χ3v) is 2.93. The number of rotatable bonds is 5. The SMILES string of the molecule is C=CCC1=C(CCCC)C(C)(C)OC1. The first kappa shape index (κ1) is 11.5. The molecule has 0 aromatic rings. The molecule has 0 saturated heterocycles. The van der Waals surface area contributed by atoms with Crippen LogP contribution < -0.4 is 0 Å². The zero-order valence-corrected chi connectivity index (χ0v) is 9.73. The van der Waals surface area contributed by atoms with Crippen LogP contribution in [0.4, 0.5) is 0 Å². The quantitative estimate of drug-likeness (QED) is 0.604. The highest BCUT2D eigenvalue weighted by Gasteiger charge is 2.31. The van der Waals surface area contributed by atoms with Crippen LogP contribution in [0.25, 0.3) is 0 Å². The predicted octanol–water partition coefficient (Wildman–Crippen LogP) is 3.86. The molecule has 1 aliphatic rings. The van der Waals surface area contributed by atoms with E-state index in [9.17, 15) is 0 Å². The Balaban J connectivity index is 2.75. The van der Waals surface area contributed by atoms with Crippen LogP contribution in [-0.4, -0.2) is 12.2 Å². The van der Waals surface area contributed by atoms with Crippen LogP contribution in [0.15, 0.2) is 23.8 Å². The van der Waals surface area contributed by atoms with E-state index < -0.39 is 0 Å². The first-order chi connectivity index (χ1) is 6.61. The molecule has 0 saturated carbocycles. The molecule has 1 rings (SSSR count). The molecule has 0 N–H and O–H groups in total. The van der Waals surface area contributed by atoms with Gasteiger partial charge in [0, 0.05) is 0 Å². The number of allylic oxidation sites excluding steroid dienone is 1. The Hall–Kier alpha value is -0.560. The second-order valence-corrected chi connectivity index (χ2v) is 4.48. The maximum atomic E-state index is 5.79. The highest BCUT2D eigenvalue weighted by Crippen LogP contribution is 2.35. The molecule has 0 atom stereocenters. The molecule has 1 heteroatoms. The van der Waals surface area contributed by atoms with Crippen molar-refractivity contribution in [1.29, 1.82) is 0 Å². The van der Waals surface area contributed by atoms with Crippen LogP contribution >= 0.6 is 0 Å². The van der Waals surface area contributed by atoms with E-state index in [1.165, 1.54) is 30.4 Å². The molecule has 0 radical (unpaired) electrons. The average Bonchev–Trinajstić information content (AvgIpc) is 2.40.